The van der Waals surface area contributed by atoms with Crippen molar-refractivity contribution in [2.75, 3.05) is 0 Å². The summed E-state index contributed by atoms with van der Waals surface area (Å²) in [5.41, 5.74) is 5.74. The van der Waals surface area contributed by atoms with E-state index >= 15 is 0 Å². The SMILES string of the molecule is Cc1cc(C(=O)NC2CCc3ccccc3C2)c(C)n1C. The fourth-order valence-electron chi connectivity index (χ4n) is 3.17. The Labute approximate surface area is 126 Å². The van der Waals surface area contributed by atoms with Crippen LogP contribution in [0.15, 0.2) is 30.3 Å². The summed E-state index contributed by atoms with van der Waals surface area (Å²) in [6, 6.07) is 10.7. The number of fused-ring (bicyclic) bond motifs is 1. The molecule has 1 aromatic carbocycles. The standard InChI is InChI=1S/C18H22N2O/c1-12-10-17(13(2)20(12)3)18(21)19-16-9-8-14-6-4-5-7-15(14)11-16/h4-7,10,16H,8-9,11H2,1-3H3,(H,19,21). The van der Waals surface area contributed by atoms with E-state index in [4.69, 9.17) is 0 Å². The minimum atomic E-state index is 0.0561. The van der Waals surface area contributed by atoms with Crippen LogP contribution < -0.4 is 5.32 Å². The van der Waals surface area contributed by atoms with Crippen LogP contribution in [0.2, 0.25) is 0 Å². The molecule has 2 aromatic rings. The smallest absolute Gasteiger partial charge is 0.253 e. The van der Waals surface area contributed by atoms with Gasteiger partial charge in [-0.25, -0.2) is 0 Å². The molecule has 0 radical (unpaired) electrons. The summed E-state index contributed by atoms with van der Waals surface area (Å²) < 4.78 is 2.06. The van der Waals surface area contributed by atoms with Crippen LogP contribution in [0.3, 0.4) is 0 Å². The van der Waals surface area contributed by atoms with E-state index in [1.165, 1.54) is 11.1 Å². The number of carbonyl (C=O) groups excluding carboxylic acids is 1. The van der Waals surface area contributed by atoms with Crippen molar-refractivity contribution in [2.45, 2.75) is 39.2 Å². The quantitative estimate of drug-likeness (QED) is 0.903. The number of hydrogen-bond acceptors (Lipinski definition) is 1. The van der Waals surface area contributed by atoms with Crippen molar-refractivity contribution in [3.8, 4) is 0 Å². The zero-order valence-corrected chi connectivity index (χ0v) is 12.9. The lowest BCUT2D eigenvalue weighted by atomic mass is 9.88. The maximum Gasteiger partial charge on any atom is 0.253 e. The van der Waals surface area contributed by atoms with Crippen LogP contribution >= 0.6 is 0 Å². The second kappa shape index (κ2) is 5.40. The summed E-state index contributed by atoms with van der Waals surface area (Å²) >= 11 is 0. The monoisotopic (exact) mass is 282 g/mol. The second-order valence-corrected chi connectivity index (χ2v) is 6.03. The lowest BCUT2D eigenvalue weighted by Crippen LogP contribution is -2.39. The molecule has 1 aliphatic rings. The van der Waals surface area contributed by atoms with Crippen LogP contribution in [0, 0.1) is 13.8 Å². The summed E-state index contributed by atoms with van der Waals surface area (Å²) in [4.78, 5) is 12.5. The highest BCUT2D eigenvalue weighted by molar-refractivity contribution is 5.95. The highest BCUT2D eigenvalue weighted by Gasteiger charge is 2.22. The summed E-state index contributed by atoms with van der Waals surface area (Å²) in [6.07, 6.45) is 3.01. The van der Waals surface area contributed by atoms with Gasteiger partial charge in [-0.05, 0) is 50.3 Å². The fourth-order valence-corrected chi connectivity index (χ4v) is 3.17. The van der Waals surface area contributed by atoms with Gasteiger partial charge in [0.2, 0.25) is 0 Å². The molecule has 0 spiro atoms. The van der Waals surface area contributed by atoms with E-state index in [0.29, 0.717) is 0 Å². The van der Waals surface area contributed by atoms with Gasteiger partial charge in [-0.3, -0.25) is 4.79 Å². The molecule has 3 heteroatoms. The van der Waals surface area contributed by atoms with Crippen molar-refractivity contribution in [3.63, 3.8) is 0 Å². The van der Waals surface area contributed by atoms with Gasteiger partial charge < -0.3 is 9.88 Å². The third-order valence-electron chi connectivity index (χ3n) is 4.70. The molecule has 1 unspecified atom stereocenters. The molecular weight excluding hydrogens is 260 g/mol. The predicted molar refractivity (Wildman–Crippen MR) is 84.6 cm³/mol. The maximum atomic E-state index is 12.5. The minimum absolute atomic E-state index is 0.0561. The van der Waals surface area contributed by atoms with Crippen molar-refractivity contribution in [3.05, 3.63) is 58.4 Å². The van der Waals surface area contributed by atoms with Crippen molar-refractivity contribution < 1.29 is 4.79 Å². The van der Waals surface area contributed by atoms with Crippen LogP contribution in [0.5, 0.6) is 0 Å². The number of amides is 1. The molecule has 1 aromatic heterocycles. The molecule has 1 amide bonds. The number of aryl methyl sites for hydroxylation is 2. The van der Waals surface area contributed by atoms with Crippen LogP contribution in [0.25, 0.3) is 0 Å². The molecule has 1 heterocycles. The number of nitrogens with one attached hydrogen (secondary N) is 1. The van der Waals surface area contributed by atoms with E-state index in [9.17, 15) is 4.79 Å². The molecule has 1 atom stereocenters. The largest absolute Gasteiger partial charge is 0.351 e. The fraction of sp³-hybridized carbons (Fsp3) is 0.389. The van der Waals surface area contributed by atoms with Gasteiger partial charge in [-0.2, -0.15) is 0 Å². The van der Waals surface area contributed by atoms with E-state index < -0.39 is 0 Å². The van der Waals surface area contributed by atoms with E-state index in [1.807, 2.05) is 27.0 Å². The van der Waals surface area contributed by atoms with Gasteiger partial charge in [0, 0.05) is 24.5 Å². The first-order valence-corrected chi connectivity index (χ1v) is 7.57. The first-order chi connectivity index (χ1) is 10.1. The Morgan fingerprint density at radius 2 is 1.95 bits per heavy atom. The normalized spacial score (nSPS) is 17.4. The number of hydrogen-bond donors (Lipinski definition) is 1. The predicted octanol–water partition coefficient (Wildman–Crippen LogP) is 2.93. The van der Waals surface area contributed by atoms with Gasteiger partial charge >= 0.3 is 0 Å². The summed E-state index contributed by atoms with van der Waals surface area (Å²) in [5.74, 6) is 0.0561. The Morgan fingerprint density at radius 1 is 1.24 bits per heavy atom. The van der Waals surface area contributed by atoms with Crippen LogP contribution in [-0.2, 0) is 19.9 Å². The average molecular weight is 282 g/mol. The molecule has 1 aliphatic carbocycles. The van der Waals surface area contributed by atoms with Crippen molar-refractivity contribution in [1.29, 1.82) is 0 Å². The van der Waals surface area contributed by atoms with Gasteiger partial charge in [0.15, 0.2) is 0 Å². The molecule has 0 saturated heterocycles. The van der Waals surface area contributed by atoms with Crippen molar-refractivity contribution >= 4 is 5.91 Å². The molecule has 0 aliphatic heterocycles. The van der Waals surface area contributed by atoms with Crippen LogP contribution in [0.1, 0.15) is 39.3 Å². The number of rotatable bonds is 2. The number of aromatic nitrogens is 1. The van der Waals surface area contributed by atoms with Gasteiger partial charge in [0.05, 0.1) is 5.56 Å². The zero-order chi connectivity index (χ0) is 15.0. The maximum absolute atomic E-state index is 12.5. The van der Waals surface area contributed by atoms with Crippen LogP contribution in [-0.4, -0.2) is 16.5 Å². The van der Waals surface area contributed by atoms with E-state index in [2.05, 4.69) is 34.1 Å². The Morgan fingerprint density at radius 3 is 2.62 bits per heavy atom. The highest BCUT2D eigenvalue weighted by atomic mass is 16.1. The minimum Gasteiger partial charge on any atom is -0.351 e. The molecule has 0 fully saturated rings. The zero-order valence-electron chi connectivity index (χ0n) is 12.9. The molecule has 3 rings (SSSR count). The topological polar surface area (TPSA) is 34.0 Å². The Bertz CT molecular complexity index is 685. The van der Waals surface area contributed by atoms with Gasteiger partial charge in [-0.15, -0.1) is 0 Å². The molecule has 110 valence electrons. The van der Waals surface area contributed by atoms with E-state index in [-0.39, 0.29) is 11.9 Å². The highest BCUT2D eigenvalue weighted by Crippen LogP contribution is 2.22. The van der Waals surface area contributed by atoms with Gasteiger partial charge in [0.1, 0.15) is 0 Å². The van der Waals surface area contributed by atoms with Crippen LogP contribution in [0.4, 0.5) is 0 Å². The molecule has 1 N–H and O–H groups in total. The van der Waals surface area contributed by atoms with Gasteiger partial charge in [-0.1, -0.05) is 24.3 Å². The lowest BCUT2D eigenvalue weighted by molar-refractivity contribution is 0.0933. The second-order valence-electron chi connectivity index (χ2n) is 6.03. The Hall–Kier alpha value is -2.03. The summed E-state index contributed by atoms with van der Waals surface area (Å²) in [5, 5.41) is 3.21. The summed E-state index contributed by atoms with van der Waals surface area (Å²) in [6.45, 7) is 4.03. The Kier molecular flexibility index (Phi) is 3.58. The number of carbonyl (C=O) groups is 1. The first kappa shape index (κ1) is 13.9. The van der Waals surface area contributed by atoms with E-state index in [0.717, 1.165) is 36.2 Å². The molecule has 21 heavy (non-hydrogen) atoms. The van der Waals surface area contributed by atoms with Crippen molar-refractivity contribution in [1.82, 2.24) is 9.88 Å². The lowest BCUT2D eigenvalue weighted by Gasteiger charge is -2.25. The number of nitrogens with zero attached hydrogens (tertiary/aromatic N) is 1. The third-order valence-corrected chi connectivity index (χ3v) is 4.70. The molecule has 0 bridgehead atoms. The molecule has 3 nitrogen and oxygen atoms in total. The molecule has 0 saturated carbocycles. The summed E-state index contributed by atoms with van der Waals surface area (Å²) in [7, 11) is 2.00. The van der Waals surface area contributed by atoms with Gasteiger partial charge in [0.25, 0.3) is 5.91 Å². The van der Waals surface area contributed by atoms with E-state index in [1.54, 1.807) is 0 Å². The number of benzene rings is 1. The van der Waals surface area contributed by atoms with Crippen molar-refractivity contribution in [2.24, 2.45) is 7.05 Å². The average Bonchev–Trinajstić information content (AvgIpc) is 2.75. The third kappa shape index (κ3) is 2.60. The Balaban J connectivity index is 1.73. The molecular formula is C18H22N2O. The first-order valence-electron chi connectivity index (χ1n) is 7.57.